The molecule has 4 atom stereocenters. The number of aromatic nitrogens is 4. The van der Waals surface area contributed by atoms with Gasteiger partial charge in [-0.15, -0.1) is 0 Å². The lowest BCUT2D eigenvalue weighted by molar-refractivity contribution is -0.0212. The van der Waals surface area contributed by atoms with Crippen LogP contribution in [0.15, 0.2) is 6.33 Å². The standard InChI is InChI=1S/C12H16N4O7S/c1-21-12-6-10(14-4-13-6)15-11(16-12)9-7(18)8(5(3-17)22-9)23-24(2,19)20/h4-5,7-9,17-18H,3H2,1-2H3,(H,13,14,15,16)/t5-,7-,8+,9-/m1/s1. The van der Waals surface area contributed by atoms with Gasteiger partial charge in [-0.25, -0.2) is 9.97 Å². The maximum Gasteiger partial charge on any atom is 0.264 e. The van der Waals surface area contributed by atoms with Crippen molar-refractivity contribution in [2.75, 3.05) is 20.0 Å². The first-order valence-electron chi connectivity index (χ1n) is 6.91. The largest absolute Gasteiger partial charge is 0.479 e. The van der Waals surface area contributed by atoms with Crippen LogP contribution in [0.1, 0.15) is 11.9 Å². The van der Waals surface area contributed by atoms with Crippen LogP contribution in [0.3, 0.4) is 0 Å². The van der Waals surface area contributed by atoms with Gasteiger partial charge in [-0.05, 0) is 0 Å². The quantitative estimate of drug-likeness (QED) is 0.536. The molecule has 0 unspecified atom stereocenters. The highest BCUT2D eigenvalue weighted by atomic mass is 32.2. The summed E-state index contributed by atoms with van der Waals surface area (Å²) in [5, 5.41) is 19.7. The second-order valence-electron chi connectivity index (χ2n) is 5.23. The lowest BCUT2D eigenvalue weighted by atomic mass is 10.1. The van der Waals surface area contributed by atoms with E-state index in [9.17, 15) is 18.6 Å². The summed E-state index contributed by atoms with van der Waals surface area (Å²) in [7, 11) is -2.45. The Morgan fingerprint density at radius 3 is 2.79 bits per heavy atom. The van der Waals surface area contributed by atoms with Crippen molar-refractivity contribution in [2.24, 2.45) is 0 Å². The Labute approximate surface area is 136 Å². The Bertz CT molecular complexity index is 839. The molecule has 11 nitrogen and oxygen atoms in total. The van der Waals surface area contributed by atoms with Crippen LogP contribution in [0.25, 0.3) is 11.2 Å². The van der Waals surface area contributed by atoms with Crippen molar-refractivity contribution in [2.45, 2.75) is 24.4 Å². The third-order valence-electron chi connectivity index (χ3n) is 3.52. The second-order valence-corrected chi connectivity index (χ2v) is 6.83. The van der Waals surface area contributed by atoms with E-state index in [0.29, 0.717) is 11.2 Å². The highest BCUT2D eigenvalue weighted by molar-refractivity contribution is 7.86. The van der Waals surface area contributed by atoms with Gasteiger partial charge in [-0.1, -0.05) is 0 Å². The Balaban J connectivity index is 1.97. The van der Waals surface area contributed by atoms with Crippen LogP contribution in [-0.4, -0.2) is 76.9 Å². The molecule has 1 fully saturated rings. The third-order valence-corrected chi connectivity index (χ3v) is 4.09. The maximum absolute atomic E-state index is 11.3. The average molecular weight is 360 g/mol. The normalized spacial score (nSPS) is 27.7. The Morgan fingerprint density at radius 2 is 2.17 bits per heavy atom. The number of nitrogens with zero attached hydrogens (tertiary/aromatic N) is 3. The number of aliphatic hydroxyl groups is 2. The summed E-state index contributed by atoms with van der Waals surface area (Å²) in [6.07, 6.45) is -2.59. The van der Waals surface area contributed by atoms with Gasteiger partial charge in [-0.2, -0.15) is 13.4 Å². The van der Waals surface area contributed by atoms with Gasteiger partial charge in [0, 0.05) is 0 Å². The number of hydrogen-bond acceptors (Lipinski definition) is 10. The topological polar surface area (TPSA) is 157 Å². The lowest BCUT2D eigenvalue weighted by Gasteiger charge is -2.17. The average Bonchev–Trinajstić information content (AvgIpc) is 3.10. The SMILES string of the molecule is COc1nc([C@@H]2O[C@H](CO)[C@H](OS(C)(=O)=O)[C@H]2O)nc2nc[nH]c12. The Kier molecular flexibility index (Phi) is 4.40. The first-order chi connectivity index (χ1) is 11.3. The van der Waals surface area contributed by atoms with Crippen molar-refractivity contribution in [3.05, 3.63) is 12.2 Å². The molecule has 2 aromatic rings. The van der Waals surface area contributed by atoms with Crippen molar-refractivity contribution in [1.29, 1.82) is 0 Å². The van der Waals surface area contributed by atoms with Crippen molar-refractivity contribution in [3.63, 3.8) is 0 Å². The maximum atomic E-state index is 11.3. The van der Waals surface area contributed by atoms with Crippen molar-refractivity contribution < 1.29 is 32.3 Å². The molecule has 24 heavy (non-hydrogen) atoms. The molecule has 3 rings (SSSR count). The first-order valence-corrected chi connectivity index (χ1v) is 8.73. The minimum atomic E-state index is -3.86. The molecule has 0 aliphatic carbocycles. The Morgan fingerprint density at radius 1 is 1.42 bits per heavy atom. The van der Waals surface area contributed by atoms with E-state index in [1.54, 1.807) is 0 Å². The zero-order valence-electron chi connectivity index (χ0n) is 12.8. The zero-order valence-corrected chi connectivity index (χ0v) is 13.6. The van der Waals surface area contributed by atoms with E-state index in [0.717, 1.165) is 6.26 Å². The predicted octanol–water partition coefficient (Wildman–Crippen LogP) is -1.50. The molecule has 0 radical (unpaired) electrons. The number of H-pyrrole nitrogens is 1. The van der Waals surface area contributed by atoms with Gasteiger partial charge in [0.25, 0.3) is 10.1 Å². The number of ether oxygens (including phenoxy) is 2. The van der Waals surface area contributed by atoms with Gasteiger partial charge in [0.1, 0.15) is 29.9 Å². The summed E-state index contributed by atoms with van der Waals surface area (Å²) in [6, 6.07) is 0. The second kappa shape index (κ2) is 6.22. The van der Waals surface area contributed by atoms with Crippen LogP contribution in [0.2, 0.25) is 0 Å². The molecule has 0 amide bonds. The van der Waals surface area contributed by atoms with E-state index >= 15 is 0 Å². The van der Waals surface area contributed by atoms with Crippen LogP contribution in [0.5, 0.6) is 5.88 Å². The molecule has 1 aliphatic rings. The smallest absolute Gasteiger partial charge is 0.264 e. The number of aliphatic hydroxyl groups excluding tert-OH is 2. The molecule has 1 aliphatic heterocycles. The summed E-state index contributed by atoms with van der Waals surface area (Å²) < 4.78 is 38.1. The number of aromatic amines is 1. The number of rotatable bonds is 5. The molecule has 0 saturated carbocycles. The van der Waals surface area contributed by atoms with Gasteiger partial charge in [-0.3, -0.25) is 4.18 Å². The molecular weight excluding hydrogens is 344 g/mol. The Hall–Kier alpha value is -1.86. The molecule has 2 aromatic heterocycles. The van der Waals surface area contributed by atoms with Gasteiger partial charge in [0.2, 0.25) is 5.88 Å². The number of imidazole rings is 1. The number of hydrogen-bond donors (Lipinski definition) is 3. The molecule has 3 heterocycles. The number of fused-ring (bicyclic) bond motifs is 1. The first kappa shape index (κ1) is 17.0. The van der Waals surface area contributed by atoms with E-state index in [1.807, 2.05) is 0 Å². The monoisotopic (exact) mass is 360 g/mol. The molecule has 1 saturated heterocycles. The van der Waals surface area contributed by atoms with Gasteiger partial charge in [0.15, 0.2) is 11.5 Å². The summed E-state index contributed by atoms with van der Waals surface area (Å²) in [5.74, 6) is 0.230. The van der Waals surface area contributed by atoms with Crippen LogP contribution >= 0.6 is 0 Å². The highest BCUT2D eigenvalue weighted by Crippen LogP contribution is 2.35. The van der Waals surface area contributed by atoms with E-state index in [4.69, 9.17) is 13.7 Å². The minimum absolute atomic E-state index is 0.0389. The fourth-order valence-electron chi connectivity index (χ4n) is 2.52. The van der Waals surface area contributed by atoms with Crippen LogP contribution < -0.4 is 4.74 Å². The molecule has 0 spiro atoms. The molecule has 3 N–H and O–H groups in total. The van der Waals surface area contributed by atoms with E-state index in [2.05, 4.69) is 19.9 Å². The molecule has 0 bridgehead atoms. The van der Waals surface area contributed by atoms with Crippen LogP contribution in [-0.2, 0) is 19.0 Å². The van der Waals surface area contributed by atoms with Crippen molar-refractivity contribution in [3.8, 4) is 5.88 Å². The zero-order chi connectivity index (χ0) is 17.5. The number of methoxy groups -OCH3 is 1. The fourth-order valence-corrected chi connectivity index (χ4v) is 3.16. The predicted molar refractivity (Wildman–Crippen MR) is 78.7 cm³/mol. The van der Waals surface area contributed by atoms with Crippen molar-refractivity contribution >= 4 is 21.3 Å². The molecule has 12 heteroatoms. The van der Waals surface area contributed by atoms with Crippen LogP contribution in [0, 0.1) is 0 Å². The van der Waals surface area contributed by atoms with Gasteiger partial charge < -0.3 is 24.7 Å². The van der Waals surface area contributed by atoms with E-state index < -0.39 is 41.1 Å². The summed E-state index contributed by atoms with van der Waals surface area (Å²) in [4.78, 5) is 15.1. The minimum Gasteiger partial charge on any atom is -0.479 e. The fraction of sp³-hybridized carbons (Fsp3) is 0.583. The molecule has 0 aromatic carbocycles. The van der Waals surface area contributed by atoms with E-state index in [-0.39, 0.29) is 11.7 Å². The summed E-state index contributed by atoms with van der Waals surface area (Å²) in [6.45, 7) is -0.546. The van der Waals surface area contributed by atoms with Gasteiger partial charge in [0.05, 0.1) is 26.3 Å². The molecular formula is C12H16N4O7S. The van der Waals surface area contributed by atoms with Crippen molar-refractivity contribution in [1.82, 2.24) is 19.9 Å². The molecule has 132 valence electrons. The summed E-state index contributed by atoms with van der Waals surface area (Å²) in [5.41, 5.74) is 0.761. The number of nitrogens with one attached hydrogen (secondary N) is 1. The van der Waals surface area contributed by atoms with Gasteiger partial charge >= 0.3 is 0 Å². The van der Waals surface area contributed by atoms with E-state index in [1.165, 1.54) is 13.4 Å². The highest BCUT2D eigenvalue weighted by Gasteiger charge is 2.48. The summed E-state index contributed by atoms with van der Waals surface area (Å²) >= 11 is 0. The third kappa shape index (κ3) is 3.06. The van der Waals surface area contributed by atoms with Crippen LogP contribution in [0.4, 0.5) is 0 Å². The lowest BCUT2D eigenvalue weighted by Crippen LogP contribution is -2.37.